The number of ether oxygens (including phenoxy) is 1. The summed E-state index contributed by atoms with van der Waals surface area (Å²) < 4.78 is 34.0. The quantitative estimate of drug-likeness (QED) is 0.376. The second-order valence-electron chi connectivity index (χ2n) is 7.35. The van der Waals surface area contributed by atoms with Crippen LogP contribution in [0.3, 0.4) is 0 Å². The van der Waals surface area contributed by atoms with Crippen LogP contribution >= 0.6 is 39.1 Å². The molecule has 3 aromatic carbocycles. The van der Waals surface area contributed by atoms with Crippen molar-refractivity contribution in [2.45, 2.75) is 17.4 Å². The Morgan fingerprint density at radius 3 is 2.52 bits per heavy atom. The molecular formula is C23H20BrCl2N3O3S. The van der Waals surface area contributed by atoms with Gasteiger partial charge in [0.05, 0.1) is 41.0 Å². The molecule has 1 heterocycles. The number of sulfonamides is 1. The molecule has 1 N–H and O–H groups in total. The molecule has 0 bridgehead atoms. The Morgan fingerprint density at radius 1 is 1.12 bits per heavy atom. The SMILES string of the molecule is COc1ccc(C2CC(CNS(=O)(=O)c3ccccc3Br)=NN2c2ccc(Cl)cc2Cl)cc1. The van der Waals surface area contributed by atoms with Gasteiger partial charge < -0.3 is 4.74 Å². The van der Waals surface area contributed by atoms with Crippen LogP contribution in [-0.4, -0.2) is 27.8 Å². The van der Waals surface area contributed by atoms with Gasteiger partial charge in [-0.1, -0.05) is 47.5 Å². The maximum atomic E-state index is 12.8. The van der Waals surface area contributed by atoms with E-state index in [9.17, 15) is 8.42 Å². The molecule has 0 spiro atoms. The lowest BCUT2D eigenvalue weighted by atomic mass is 10.0. The molecule has 4 rings (SSSR count). The Labute approximate surface area is 211 Å². The molecule has 6 nitrogen and oxygen atoms in total. The normalized spacial score (nSPS) is 16.1. The molecule has 33 heavy (non-hydrogen) atoms. The molecule has 172 valence electrons. The molecule has 1 aliphatic heterocycles. The van der Waals surface area contributed by atoms with Gasteiger partial charge in [0.1, 0.15) is 5.75 Å². The van der Waals surface area contributed by atoms with Crippen molar-refractivity contribution < 1.29 is 13.2 Å². The maximum absolute atomic E-state index is 12.8. The van der Waals surface area contributed by atoms with Gasteiger partial charge in [-0.15, -0.1) is 0 Å². The highest BCUT2D eigenvalue weighted by Gasteiger charge is 2.31. The summed E-state index contributed by atoms with van der Waals surface area (Å²) in [4.78, 5) is 0.174. The number of benzene rings is 3. The number of hydrogen-bond acceptors (Lipinski definition) is 5. The predicted octanol–water partition coefficient (Wildman–Crippen LogP) is 6.05. The van der Waals surface area contributed by atoms with Crippen molar-refractivity contribution in [1.82, 2.24) is 4.72 Å². The van der Waals surface area contributed by atoms with Crippen LogP contribution in [-0.2, 0) is 10.0 Å². The van der Waals surface area contributed by atoms with Crippen molar-refractivity contribution >= 4 is 60.6 Å². The minimum Gasteiger partial charge on any atom is -0.497 e. The summed E-state index contributed by atoms with van der Waals surface area (Å²) in [5, 5.41) is 7.51. The molecule has 1 aliphatic rings. The van der Waals surface area contributed by atoms with Crippen molar-refractivity contribution in [3.05, 3.63) is 86.8 Å². The summed E-state index contributed by atoms with van der Waals surface area (Å²) in [6.07, 6.45) is 0.518. The van der Waals surface area contributed by atoms with E-state index in [2.05, 4.69) is 20.7 Å². The molecule has 0 amide bonds. The number of nitrogens with one attached hydrogen (secondary N) is 1. The lowest BCUT2D eigenvalue weighted by Crippen LogP contribution is -2.29. The summed E-state index contributed by atoms with van der Waals surface area (Å²) in [6, 6.07) is 19.4. The molecule has 0 aliphatic carbocycles. The monoisotopic (exact) mass is 567 g/mol. The molecular weight excluding hydrogens is 549 g/mol. The highest BCUT2D eigenvalue weighted by Crippen LogP contribution is 2.40. The third-order valence-electron chi connectivity index (χ3n) is 5.22. The van der Waals surface area contributed by atoms with Crippen LogP contribution < -0.4 is 14.5 Å². The zero-order valence-corrected chi connectivity index (χ0v) is 21.4. The zero-order chi connectivity index (χ0) is 23.6. The first-order chi connectivity index (χ1) is 15.8. The van der Waals surface area contributed by atoms with Gasteiger partial charge in [0.25, 0.3) is 0 Å². The van der Waals surface area contributed by atoms with Gasteiger partial charge in [-0.05, 0) is 64.0 Å². The zero-order valence-electron chi connectivity index (χ0n) is 17.5. The van der Waals surface area contributed by atoms with Crippen LogP contribution in [0.15, 0.2) is 81.2 Å². The first-order valence-electron chi connectivity index (χ1n) is 9.97. The van der Waals surface area contributed by atoms with E-state index < -0.39 is 10.0 Å². The van der Waals surface area contributed by atoms with E-state index in [4.69, 9.17) is 33.0 Å². The summed E-state index contributed by atoms with van der Waals surface area (Å²) in [5.74, 6) is 0.746. The molecule has 0 saturated heterocycles. The number of hydrogen-bond donors (Lipinski definition) is 1. The van der Waals surface area contributed by atoms with E-state index in [1.807, 2.05) is 29.3 Å². The third-order valence-corrected chi connectivity index (χ3v) is 8.17. The highest BCUT2D eigenvalue weighted by atomic mass is 79.9. The van der Waals surface area contributed by atoms with Crippen LogP contribution in [0.25, 0.3) is 0 Å². The number of nitrogens with zero attached hydrogens (tertiary/aromatic N) is 2. The van der Waals surface area contributed by atoms with E-state index >= 15 is 0 Å². The van der Waals surface area contributed by atoms with Gasteiger partial charge in [0, 0.05) is 15.9 Å². The van der Waals surface area contributed by atoms with Crippen molar-refractivity contribution in [2.75, 3.05) is 18.7 Å². The molecule has 1 atom stereocenters. The highest BCUT2D eigenvalue weighted by molar-refractivity contribution is 9.10. The Morgan fingerprint density at radius 2 is 1.85 bits per heavy atom. The Hall–Kier alpha value is -2.10. The predicted molar refractivity (Wildman–Crippen MR) is 136 cm³/mol. The number of rotatable bonds is 7. The average molecular weight is 569 g/mol. The molecule has 0 aromatic heterocycles. The molecule has 3 aromatic rings. The van der Waals surface area contributed by atoms with Gasteiger partial charge in [0.2, 0.25) is 10.0 Å². The van der Waals surface area contributed by atoms with Crippen molar-refractivity contribution in [1.29, 1.82) is 0 Å². The first-order valence-corrected chi connectivity index (χ1v) is 13.0. The van der Waals surface area contributed by atoms with Crippen LogP contribution in [0.5, 0.6) is 5.75 Å². The summed E-state index contributed by atoms with van der Waals surface area (Å²) in [6.45, 7) is 0.0675. The second-order valence-corrected chi connectivity index (χ2v) is 10.8. The molecule has 1 unspecified atom stereocenters. The average Bonchev–Trinajstić information content (AvgIpc) is 3.22. The fourth-order valence-electron chi connectivity index (χ4n) is 3.57. The Bertz CT molecular complexity index is 1300. The third kappa shape index (κ3) is 5.36. The van der Waals surface area contributed by atoms with E-state index in [-0.39, 0.29) is 17.5 Å². The van der Waals surface area contributed by atoms with Crippen molar-refractivity contribution in [3.8, 4) is 5.75 Å². The lowest BCUT2D eigenvalue weighted by molar-refractivity contribution is 0.414. The number of hydrazone groups is 1. The van der Waals surface area contributed by atoms with Gasteiger partial charge in [0.15, 0.2) is 0 Å². The Balaban J connectivity index is 1.62. The second kappa shape index (κ2) is 10.0. The van der Waals surface area contributed by atoms with Crippen molar-refractivity contribution in [2.24, 2.45) is 5.10 Å². The van der Waals surface area contributed by atoms with Gasteiger partial charge >= 0.3 is 0 Å². The molecule has 0 fully saturated rings. The van der Waals surface area contributed by atoms with Crippen LogP contribution in [0.2, 0.25) is 10.0 Å². The lowest BCUT2D eigenvalue weighted by Gasteiger charge is -2.25. The van der Waals surface area contributed by atoms with Crippen molar-refractivity contribution in [3.63, 3.8) is 0 Å². The summed E-state index contributed by atoms with van der Waals surface area (Å²) >= 11 is 15.8. The maximum Gasteiger partial charge on any atom is 0.242 e. The van der Waals surface area contributed by atoms with Crippen LogP contribution in [0.1, 0.15) is 18.0 Å². The standard InChI is InChI=1S/C23H20BrCl2N3O3S/c1-32-18-9-6-15(7-10-18)22-13-17(28-29(22)21-11-8-16(25)12-20(21)26)14-27-33(30,31)23-5-3-2-4-19(23)24/h2-12,22,27H,13-14H2,1H3. The largest absolute Gasteiger partial charge is 0.497 e. The van der Waals surface area contributed by atoms with E-state index in [1.54, 1.807) is 49.6 Å². The minimum absolute atomic E-state index is 0.0675. The topological polar surface area (TPSA) is 71.0 Å². The Kier molecular flexibility index (Phi) is 7.31. The number of anilines is 1. The number of halogens is 3. The van der Waals surface area contributed by atoms with E-state index in [0.29, 0.717) is 32.3 Å². The van der Waals surface area contributed by atoms with Crippen LogP contribution in [0, 0.1) is 0 Å². The first kappa shape index (κ1) is 24.0. The van der Waals surface area contributed by atoms with E-state index in [0.717, 1.165) is 11.3 Å². The fourth-order valence-corrected chi connectivity index (χ4v) is 6.09. The summed E-state index contributed by atoms with van der Waals surface area (Å²) in [5.41, 5.74) is 2.36. The van der Waals surface area contributed by atoms with Crippen LogP contribution in [0.4, 0.5) is 5.69 Å². The van der Waals surface area contributed by atoms with Gasteiger partial charge in [-0.2, -0.15) is 5.10 Å². The smallest absolute Gasteiger partial charge is 0.242 e. The summed E-state index contributed by atoms with van der Waals surface area (Å²) in [7, 11) is -2.11. The fraction of sp³-hybridized carbons (Fsp3) is 0.174. The van der Waals surface area contributed by atoms with Gasteiger partial charge in [-0.25, -0.2) is 13.1 Å². The van der Waals surface area contributed by atoms with E-state index in [1.165, 1.54) is 0 Å². The molecule has 10 heteroatoms. The molecule has 0 saturated carbocycles. The molecule has 0 radical (unpaired) electrons. The number of methoxy groups -OCH3 is 1. The minimum atomic E-state index is -3.72. The van der Waals surface area contributed by atoms with Gasteiger partial charge in [-0.3, -0.25) is 5.01 Å².